The Hall–Kier alpha value is 0.490. The van der Waals surface area contributed by atoms with Crippen molar-refractivity contribution in [2.75, 3.05) is 6.61 Å². The molecule has 0 fully saturated rings. The minimum atomic E-state index is -0.465. The number of thiol groups is 1. The zero-order valence-corrected chi connectivity index (χ0v) is 8.27. The summed E-state index contributed by atoms with van der Waals surface area (Å²) >= 11 is 3.36. The second-order valence-corrected chi connectivity index (χ2v) is 1.67. The molecule has 0 aliphatic rings. The van der Waals surface area contributed by atoms with Crippen molar-refractivity contribution in [3.63, 3.8) is 0 Å². The topological polar surface area (TPSA) is 43.4 Å². The molecule has 0 aliphatic carbocycles. The first kappa shape index (κ1) is 12.2. The van der Waals surface area contributed by atoms with Crippen molar-refractivity contribution >= 4 is 23.7 Å². The van der Waals surface area contributed by atoms with Gasteiger partial charge in [0.1, 0.15) is 0 Å². The Morgan fingerprint density at radius 2 is 2.11 bits per heavy atom. The normalized spacial score (nSPS) is 7.33. The molecule has 0 aromatic carbocycles. The Labute approximate surface area is 82.3 Å². The summed E-state index contributed by atoms with van der Waals surface area (Å²) in [6, 6.07) is 0. The number of carbonyl (C=O) groups excluding carboxylic acids is 2. The molecule has 0 aliphatic heterocycles. The van der Waals surface area contributed by atoms with Crippen LogP contribution in [0.5, 0.6) is 0 Å². The Morgan fingerprint density at radius 1 is 1.67 bits per heavy atom. The van der Waals surface area contributed by atoms with Gasteiger partial charge in [-0.25, -0.2) is 0 Å². The fourth-order valence-electron chi connectivity index (χ4n) is 0.163. The molecule has 9 heavy (non-hydrogen) atoms. The Kier molecular flexibility index (Phi) is 8.95. The quantitative estimate of drug-likeness (QED) is 0.267. The van der Waals surface area contributed by atoms with Crippen LogP contribution in [0.2, 0.25) is 0 Å². The largest absolute Gasteiger partial charge is 1.00 e. The van der Waals surface area contributed by atoms with E-state index in [-0.39, 0.29) is 37.6 Å². The van der Waals surface area contributed by atoms with E-state index in [0.717, 1.165) is 0 Å². The van der Waals surface area contributed by atoms with Gasteiger partial charge < -0.3 is 6.16 Å². The molecule has 0 aromatic rings. The summed E-state index contributed by atoms with van der Waals surface area (Å²) in [5.41, 5.74) is 0. The van der Waals surface area contributed by atoms with Gasteiger partial charge in [-0.2, -0.15) is 0 Å². The van der Waals surface area contributed by atoms with E-state index in [1.165, 1.54) is 6.92 Å². The Morgan fingerprint density at radius 3 is 2.22 bits per heavy atom. The van der Waals surface area contributed by atoms with Crippen molar-refractivity contribution in [3.05, 3.63) is 0 Å². The van der Waals surface area contributed by atoms with Crippen LogP contribution in [0.3, 0.4) is 0 Å². The summed E-state index contributed by atoms with van der Waals surface area (Å²) in [4.78, 5) is 19.9. The van der Waals surface area contributed by atoms with Crippen LogP contribution >= 0.6 is 12.6 Å². The van der Waals surface area contributed by atoms with E-state index in [4.69, 9.17) is 0 Å². The number of esters is 1. The van der Waals surface area contributed by atoms with Crippen LogP contribution in [0.4, 0.5) is 0 Å². The second-order valence-electron chi connectivity index (χ2n) is 1.17. The fourth-order valence-corrected chi connectivity index (χ4v) is 0.228. The van der Waals surface area contributed by atoms with Crippen LogP contribution in [-0.4, -0.2) is 17.7 Å². The first-order valence-electron chi connectivity index (χ1n) is 1.98. The maximum absolute atomic E-state index is 9.94. The smallest absolute Gasteiger partial charge is 1.00 e. The summed E-state index contributed by atoms with van der Waals surface area (Å²) in [5.74, 6) is -0.465. The molecule has 0 atom stereocenters. The van der Waals surface area contributed by atoms with Crippen molar-refractivity contribution in [1.29, 1.82) is 0 Å². The molecule has 0 heterocycles. The average molecular weight is 158 g/mol. The first-order chi connectivity index (χ1) is 3.63. The molecular formula is C4H7NaO3S. The van der Waals surface area contributed by atoms with Gasteiger partial charge in [0.05, 0.1) is 0 Å². The van der Waals surface area contributed by atoms with E-state index in [1.54, 1.807) is 0 Å². The first-order valence-corrected chi connectivity index (χ1v) is 2.43. The number of ether oxygens (including phenoxy) is 1. The van der Waals surface area contributed by atoms with Gasteiger partial charge in [0.15, 0.2) is 6.61 Å². The molecule has 0 N–H and O–H groups in total. The predicted molar refractivity (Wildman–Crippen MR) is 31.7 cm³/mol. The Bertz CT molecular complexity index is 105. The van der Waals surface area contributed by atoms with Gasteiger partial charge in [-0.1, -0.05) is 0 Å². The van der Waals surface area contributed by atoms with Crippen molar-refractivity contribution in [2.24, 2.45) is 0 Å². The standard InChI is InChI=1S/C4H6O3S.Na.H/c1-3(5)7-2-4(6)8;;/h2H2,1H3,(H,6,8);;/q;+1;-1. The van der Waals surface area contributed by atoms with Gasteiger partial charge in [-0.3, -0.25) is 9.59 Å². The SMILES string of the molecule is CC(=O)OCC(=O)S.[H-].[Na+]. The van der Waals surface area contributed by atoms with E-state index in [2.05, 4.69) is 17.4 Å². The zero-order valence-electron chi connectivity index (χ0n) is 6.38. The number of rotatable bonds is 2. The summed E-state index contributed by atoms with van der Waals surface area (Å²) in [7, 11) is 0. The molecule has 0 rings (SSSR count). The molecule has 0 spiro atoms. The maximum atomic E-state index is 9.94. The summed E-state index contributed by atoms with van der Waals surface area (Å²) in [6.07, 6.45) is 0. The summed E-state index contributed by atoms with van der Waals surface area (Å²) < 4.78 is 4.24. The predicted octanol–water partition coefficient (Wildman–Crippen LogP) is -2.88. The molecule has 0 amide bonds. The van der Waals surface area contributed by atoms with Crippen molar-refractivity contribution in [1.82, 2.24) is 0 Å². The van der Waals surface area contributed by atoms with E-state index < -0.39 is 11.1 Å². The van der Waals surface area contributed by atoms with Crippen LogP contribution in [0.25, 0.3) is 0 Å². The van der Waals surface area contributed by atoms with Gasteiger partial charge in [0, 0.05) is 6.92 Å². The minimum absolute atomic E-state index is 0. The number of hydrogen-bond acceptors (Lipinski definition) is 3. The Balaban J connectivity index is -0.000000245. The average Bonchev–Trinajstić information content (AvgIpc) is 1.61. The fraction of sp³-hybridized carbons (Fsp3) is 0.500. The van der Waals surface area contributed by atoms with Crippen molar-refractivity contribution < 1.29 is 45.3 Å². The zero-order chi connectivity index (χ0) is 6.57. The van der Waals surface area contributed by atoms with Gasteiger partial charge in [0.2, 0.25) is 5.12 Å². The van der Waals surface area contributed by atoms with Crippen molar-refractivity contribution in [2.45, 2.75) is 6.92 Å². The summed E-state index contributed by atoms with van der Waals surface area (Å²) in [6.45, 7) is 0.995. The van der Waals surface area contributed by atoms with Gasteiger partial charge >= 0.3 is 35.5 Å². The molecule has 0 saturated heterocycles. The third kappa shape index (κ3) is 11.9. The molecule has 0 saturated carbocycles. The second kappa shape index (κ2) is 6.61. The van der Waals surface area contributed by atoms with Gasteiger partial charge in [-0.05, 0) is 0 Å². The van der Waals surface area contributed by atoms with Gasteiger partial charge in [0.25, 0.3) is 0 Å². The molecule has 48 valence electrons. The third-order valence-corrected chi connectivity index (χ3v) is 0.528. The molecule has 0 aromatic heterocycles. The molecule has 5 heteroatoms. The van der Waals surface area contributed by atoms with Gasteiger partial charge in [-0.15, -0.1) is 12.6 Å². The van der Waals surface area contributed by atoms with Crippen molar-refractivity contribution in [3.8, 4) is 0 Å². The van der Waals surface area contributed by atoms with Crippen LogP contribution in [0.15, 0.2) is 0 Å². The minimum Gasteiger partial charge on any atom is -1.00 e. The summed E-state index contributed by atoms with van der Waals surface area (Å²) in [5, 5.41) is -0.444. The van der Waals surface area contributed by atoms with E-state index in [9.17, 15) is 9.59 Å². The van der Waals surface area contributed by atoms with E-state index >= 15 is 0 Å². The number of carbonyl (C=O) groups is 2. The van der Waals surface area contributed by atoms with Crippen LogP contribution < -0.4 is 29.6 Å². The molecule has 3 nitrogen and oxygen atoms in total. The molecular weight excluding hydrogens is 151 g/mol. The van der Waals surface area contributed by atoms with Crippen LogP contribution in [0.1, 0.15) is 8.35 Å². The van der Waals surface area contributed by atoms with Crippen LogP contribution in [-0.2, 0) is 14.3 Å². The molecule has 0 bridgehead atoms. The van der Waals surface area contributed by atoms with Crippen LogP contribution in [0, 0.1) is 0 Å². The van der Waals surface area contributed by atoms with E-state index in [0.29, 0.717) is 0 Å². The number of hydrogen-bond donors (Lipinski definition) is 1. The maximum Gasteiger partial charge on any atom is 1.00 e. The third-order valence-electron chi connectivity index (χ3n) is 0.399. The molecule has 0 radical (unpaired) electrons. The molecule has 0 unspecified atom stereocenters. The van der Waals surface area contributed by atoms with E-state index in [1.807, 2.05) is 0 Å². The monoisotopic (exact) mass is 158 g/mol.